The third kappa shape index (κ3) is 7.25. The highest BCUT2D eigenvalue weighted by atomic mass is 16.5. The fourth-order valence-corrected chi connectivity index (χ4v) is 2.48. The van der Waals surface area contributed by atoms with Gasteiger partial charge >= 0.3 is 5.97 Å². The largest absolute Gasteiger partial charge is 0.464 e. The smallest absolute Gasteiger partial charge is 0.328 e. The van der Waals surface area contributed by atoms with E-state index in [1.165, 1.54) is 0 Å². The van der Waals surface area contributed by atoms with Gasteiger partial charge in [0.2, 0.25) is 0 Å². The summed E-state index contributed by atoms with van der Waals surface area (Å²) >= 11 is 0. The topological polar surface area (TPSA) is 82.5 Å². The van der Waals surface area contributed by atoms with Crippen LogP contribution in [0.15, 0.2) is 12.3 Å². The summed E-state index contributed by atoms with van der Waals surface area (Å²) in [5.74, 6) is -0.104. The van der Waals surface area contributed by atoms with E-state index < -0.39 is 6.04 Å². The first kappa shape index (κ1) is 21.2. The second-order valence-corrected chi connectivity index (χ2v) is 6.15. The lowest BCUT2D eigenvalue weighted by Gasteiger charge is -2.18. The van der Waals surface area contributed by atoms with Crippen LogP contribution in [0.1, 0.15) is 56.9 Å². The van der Waals surface area contributed by atoms with Crippen LogP contribution < -0.4 is 5.32 Å². The number of esters is 1. The molecule has 0 aliphatic carbocycles. The first-order valence-electron chi connectivity index (χ1n) is 9.01. The molecule has 7 nitrogen and oxygen atoms in total. The Kier molecular flexibility index (Phi) is 9.84. The third-order valence-corrected chi connectivity index (χ3v) is 4.22. The number of carbonyl (C=O) groups is 2. The Morgan fingerprint density at radius 1 is 1.32 bits per heavy atom. The van der Waals surface area contributed by atoms with E-state index in [0.29, 0.717) is 37.8 Å². The molecule has 1 N–H and O–H groups in total. The molecule has 0 aliphatic heterocycles. The molecular weight excluding hydrogens is 322 g/mol. The fraction of sp³-hybridized carbons (Fsp3) is 0.722. The SMILES string of the molecule is CCOC(=O)C(CCCC(C)CC)NC(=O)c1ccnn1CCOC. The Hall–Kier alpha value is -1.89. The van der Waals surface area contributed by atoms with Crippen LogP contribution in [-0.2, 0) is 20.8 Å². The molecule has 1 amide bonds. The molecular formula is C18H31N3O4. The minimum Gasteiger partial charge on any atom is -0.464 e. The van der Waals surface area contributed by atoms with Gasteiger partial charge < -0.3 is 14.8 Å². The van der Waals surface area contributed by atoms with Gasteiger partial charge in [-0.25, -0.2) is 4.79 Å². The predicted molar refractivity (Wildman–Crippen MR) is 95.3 cm³/mol. The van der Waals surface area contributed by atoms with Crippen molar-refractivity contribution in [2.24, 2.45) is 5.92 Å². The van der Waals surface area contributed by atoms with Crippen molar-refractivity contribution in [1.82, 2.24) is 15.1 Å². The Balaban J connectivity index is 2.70. The quantitative estimate of drug-likeness (QED) is 0.584. The summed E-state index contributed by atoms with van der Waals surface area (Å²) in [6.45, 7) is 7.32. The summed E-state index contributed by atoms with van der Waals surface area (Å²) in [4.78, 5) is 24.7. The number of hydrogen-bond acceptors (Lipinski definition) is 5. The number of nitrogens with one attached hydrogen (secondary N) is 1. The second kappa shape index (κ2) is 11.6. The van der Waals surface area contributed by atoms with Crippen LogP contribution in [0, 0.1) is 5.92 Å². The number of amides is 1. The second-order valence-electron chi connectivity index (χ2n) is 6.15. The highest BCUT2D eigenvalue weighted by Gasteiger charge is 2.24. The van der Waals surface area contributed by atoms with Crippen LogP contribution in [0.5, 0.6) is 0 Å². The zero-order valence-corrected chi connectivity index (χ0v) is 15.8. The molecule has 1 heterocycles. The molecule has 142 valence electrons. The van der Waals surface area contributed by atoms with Crippen LogP contribution in [0.25, 0.3) is 0 Å². The number of hydrogen-bond donors (Lipinski definition) is 1. The summed E-state index contributed by atoms with van der Waals surface area (Å²) in [6, 6.07) is 0.995. The Morgan fingerprint density at radius 3 is 2.72 bits per heavy atom. The van der Waals surface area contributed by atoms with Gasteiger partial charge in [0.25, 0.3) is 5.91 Å². The summed E-state index contributed by atoms with van der Waals surface area (Å²) in [7, 11) is 1.59. The van der Waals surface area contributed by atoms with Crippen molar-refractivity contribution < 1.29 is 19.1 Å². The number of ether oxygens (including phenoxy) is 2. The number of rotatable bonds is 12. The van der Waals surface area contributed by atoms with Gasteiger partial charge in [0.1, 0.15) is 11.7 Å². The van der Waals surface area contributed by atoms with Crippen LogP contribution >= 0.6 is 0 Å². The van der Waals surface area contributed by atoms with E-state index in [1.54, 1.807) is 31.0 Å². The molecule has 2 unspecified atom stereocenters. The normalized spacial score (nSPS) is 13.3. The average Bonchev–Trinajstić information content (AvgIpc) is 3.07. The van der Waals surface area contributed by atoms with Crippen molar-refractivity contribution in [2.45, 2.75) is 59.0 Å². The van der Waals surface area contributed by atoms with E-state index in [4.69, 9.17) is 9.47 Å². The van der Waals surface area contributed by atoms with Crippen molar-refractivity contribution in [3.05, 3.63) is 18.0 Å². The van der Waals surface area contributed by atoms with Gasteiger partial charge in [-0.15, -0.1) is 0 Å². The van der Waals surface area contributed by atoms with E-state index in [0.717, 1.165) is 19.3 Å². The van der Waals surface area contributed by atoms with Crippen molar-refractivity contribution in [3.8, 4) is 0 Å². The predicted octanol–water partition coefficient (Wildman–Crippen LogP) is 2.41. The van der Waals surface area contributed by atoms with Gasteiger partial charge in [0.05, 0.1) is 19.8 Å². The van der Waals surface area contributed by atoms with Crippen molar-refractivity contribution >= 4 is 11.9 Å². The highest BCUT2D eigenvalue weighted by molar-refractivity contribution is 5.95. The summed E-state index contributed by atoms with van der Waals surface area (Å²) in [6.07, 6.45) is 5.12. The van der Waals surface area contributed by atoms with Crippen molar-refractivity contribution in [3.63, 3.8) is 0 Å². The fourth-order valence-electron chi connectivity index (χ4n) is 2.48. The molecule has 0 bridgehead atoms. The van der Waals surface area contributed by atoms with E-state index in [9.17, 15) is 9.59 Å². The van der Waals surface area contributed by atoms with E-state index in [1.807, 2.05) is 0 Å². The number of carbonyl (C=O) groups excluding carboxylic acids is 2. The molecule has 1 aromatic heterocycles. The van der Waals surface area contributed by atoms with Crippen molar-refractivity contribution in [2.75, 3.05) is 20.3 Å². The van der Waals surface area contributed by atoms with Gasteiger partial charge in [-0.3, -0.25) is 9.48 Å². The van der Waals surface area contributed by atoms with E-state index in [-0.39, 0.29) is 11.9 Å². The number of nitrogens with zero attached hydrogens (tertiary/aromatic N) is 2. The number of methoxy groups -OCH3 is 1. The maximum Gasteiger partial charge on any atom is 0.328 e. The molecule has 0 fully saturated rings. The Morgan fingerprint density at radius 2 is 2.08 bits per heavy atom. The zero-order chi connectivity index (χ0) is 18.7. The maximum atomic E-state index is 12.5. The Labute approximate surface area is 150 Å². The maximum absolute atomic E-state index is 12.5. The van der Waals surface area contributed by atoms with Crippen LogP contribution in [-0.4, -0.2) is 48.0 Å². The molecule has 0 aliphatic rings. The monoisotopic (exact) mass is 353 g/mol. The molecule has 0 saturated heterocycles. The lowest BCUT2D eigenvalue weighted by atomic mass is 9.99. The minimum atomic E-state index is -0.637. The minimum absolute atomic E-state index is 0.294. The molecule has 25 heavy (non-hydrogen) atoms. The molecule has 1 aromatic rings. The molecule has 2 atom stereocenters. The standard InChI is InChI=1S/C18H31N3O4/c1-5-14(3)8-7-9-15(18(23)25-6-2)20-17(22)16-10-11-19-21(16)12-13-24-4/h10-11,14-15H,5-9,12-13H2,1-4H3,(H,20,22). The van der Waals surface area contributed by atoms with Crippen LogP contribution in [0.4, 0.5) is 0 Å². The van der Waals surface area contributed by atoms with Gasteiger partial charge in [-0.1, -0.05) is 33.1 Å². The van der Waals surface area contributed by atoms with Gasteiger partial charge in [0, 0.05) is 13.3 Å². The molecule has 0 spiro atoms. The summed E-state index contributed by atoms with van der Waals surface area (Å²) < 4.78 is 11.7. The molecule has 0 saturated carbocycles. The van der Waals surface area contributed by atoms with E-state index in [2.05, 4.69) is 24.3 Å². The first-order chi connectivity index (χ1) is 12.0. The van der Waals surface area contributed by atoms with E-state index >= 15 is 0 Å². The van der Waals surface area contributed by atoms with Gasteiger partial charge in [-0.2, -0.15) is 5.10 Å². The molecule has 0 aromatic carbocycles. The zero-order valence-electron chi connectivity index (χ0n) is 15.8. The van der Waals surface area contributed by atoms with Crippen molar-refractivity contribution in [1.29, 1.82) is 0 Å². The van der Waals surface area contributed by atoms with Gasteiger partial charge in [0.15, 0.2) is 0 Å². The summed E-state index contributed by atoms with van der Waals surface area (Å²) in [5.41, 5.74) is 0.410. The van der Waals surface area contributed by atoms with Crippen LogP contribution in [0.2, 0.25) is 0 Å². The average molecular weight is 353 g/mol. The highest BCUT2D eigenvalue weighted by Crippen LogP contribution is 2.13. The Bertz CT molecular complexity index is 530. The molecule has 1 rings (SSSR count). The lowest BCUT2D eigenvalue weighted by molar-refractivity contribution is -0.145. The lowest BCUT2D eigenvalue weighted by Crippen LogP contribution is -2.42. The third-order valence-electron chi connectivity index (χ3n) is 4.22. The summed E-state index contributed by atoms with van der Waals surface area (Å²) in [5, 5.41) is 6.92. The van der Waals surface area contributed by atoms with Gasteiger partial charge in [-0.05, 0) is 25.3 Å². The first-order valence-corrected chi connectivity index (χ1v) is 9.01. The molecule has 0 radical (unpaired) electrons. The number of aromatic nitrogens is 2. The molecule has 7 heteroatoms. The van der Waals surface area contributed by atoms with Crippen LogP contribution in [0.3, 0.4) is 0 Å².